The largest absolute Gasteiger partial charge is 0.339 e. The lowest BCUT2D eigenvalue weighted by atomic mass is 9.62. The van der Waals surface area contributed by atoms with Crippen LogP contribution < -0.4 is 0 Å². The highest BCUT2D eigenvalue weighted by atomic mass is 16.2. The summed E-state index contributed by atoms with van der Waals surface area (Å²) < 4.78 is 0. The van der Waals surface area contributed by atoms with Crippen LogP contribution >= 0.6 is 0 Å². The second-order valence-electron chi connectivity index (χ2n) is 11.7. The van der Waals surface area contributed by atoms with Crippen LogP contribution in [-0.2, 0) is 9.59 Å². The van der Waals surface area contributed by atoms with Crippen molar-refractivity contribution in [1.29, 1.82) is 0 Å². The molecule has 5 rings (SSSR count). The van der Waals surface area contributed by atoms with Crippen molar-refractivity contribution in [1.82, 2.24) is 9.80 Å². The normalized spacial score (nSPS) is 38.6. The van der Waals surface area contributed by atoms with Crippen LogP contribution in [-0.4, -0.2) is 47.8 Å². The molecule has 0 bridgehead atoms. The van der Waals surface area contributed by atoms with E-state index >= 15 is 0 Å². The summed E-state index contributed by atoms with van der Waals surface area (Å²) in [5.41, 5.74) is -0.0820. The number of amides is 2. The minimum atomic E-state index is -0.0820. The van der Waals surface area contributed by atoms with Gasteiger partial charge < -0.3 is 9.80 Å². The zero-order valence-corrected chi connectivity index (χ0v) is 19.1. The van der Waals surface area contributed by atoms with E-state index in [1.165, 1.54) is 57.8 Å². The molecule has 2 amide bonds. The number of rotatable bonds is 3. The van der Waals surface area contributed by atoms with Crippen molar-refractivity contribution in [2.24, 2.45) is 35.0 Å². The van der Waals surface area contributed by atoms with Crippen molar-refractivity contribution < 1.29 is 9.59 Å². The van der Waals surface area contributed by atoms with Crippen LogP contribution in [0.4, 0.5) is 0 Å². The summed E-state index contributed by atoms with van der Waals surface area (Å²) in [6, 6.07) is 0. The van der Waals surface area contributed by atoms with Crippen molar-refractivity contribution >= 4 is 11.8 Å². The number of fused-ring (bicyclic) bond motifs is 1. The van der Waals surface area contributed by atoms with Gasteiger partial charge in [0.25, 0.3) is 0 Å². The predicted molar refractivity (Wildman–Crippen MR) is 119 cm³/mol. The molecule has 1 heterocycles. The maximum Gasteiger partial charge on any atom is 0.228 e. The molecule has 3 atom stereocenters. The summed E-state index contributed by atoms with van der Waals surface area (Å²) in [5, 5.41) is 0. The van der Waals surface area contributed by atoms with Crippen molar-refractivity contribution in [3.8, 4) is 0 Å². The number of piperazine rings is 1. The Labute approximate surface area is 183 Å². The predicted octanol–water partition coefficient (Wildman–Crippen LogP) is 4.87. The Morgan fingerprint density at radius 2 is 1.17 bits per heavy atom. The molecule has 4 heteroatoms. The first kappa shape index (κ1) is 20.8. The van der Waals surface area contributed by atoms with Crippen LogP contribution in [0.25, 0.3) is 0 Å². The van der Waals surface area contributed by atoms with Crippen molar-refractivity contribution in [3.05, 3.63) is 0 Å². The molecule has 4 nitrogen and oxygen atoms in total. The second kappa shape index (κ2) is 8.47. The highest BCUT2D eigenvalue weighted by Gasteiger charge is 2.47. The van der Waals surface area contributed by atoms with Gasteiger partial charge in [-0.05, 0) is 81.5 Å². The first-order valence-electron chi connectivity index (χ1n) is 13.1. The van der Waals surface area contributed by atoms with Gasteiger partial charge in [0.15, 0.2) is 0 Å². The highest BCUT2D eigenvalue weighted by molar-refractivity contribution is 5.85. The monoisotopic (exact) mass is 414 g/mol. The number of hydrogen-bond donors (Lipinski definition) is 0. The zero-order chi connectivity index (χ0) is 20.7. The van der Waals surface area contributed by atoms with Crippen LogP contribution in [0.15, 0.2) is 0 Å². The van der Waals surface area contributed by atoms with Gasteiger partial charge in [0.1, 0.15) is 0 Å². The molecule has 1 aliphatic heterocycles. The topological polar surface area (TPSA) is 40.6 Å². The van der Waals surface area contributed by atoms with Gasteiger partial charge in [-0.3, -0.25) is 9.59 Å². The lowest BCUT2D eigenvalue weighted by Gasteiger charge is -2.44. The van der Waals surface area contributed by atoms with E-state index in [4.69, 9.17) is 0 Å². The van der Waals surface area contributed by atoms with Gasteiger partial charge in [0, 0.05) is 37.5 Å². The van der Waals surface area contributed by atoms with Crippen molar-refractivity contribution in [2.75, 3.05) is 26.2 Å². The number of carbonyl (C=O) groups excluding carboxylic acids is 2. The average molecular weight is 415 g/mol. The molecule has 0 aromatic heterocycles. The smallest absolute Gasteiger partial charge is 0.228 e. The molecule has 4 saturated carbocycles. The van der Waals surface area contributed by atoms with E-state index in [1.54, 1.807) is 0 Å². The van der Waals surface area contributed by atoms with Gasteiger partial charge in [-0.15, -0.1) is 0 Å². The average Bonchev–Trinajstić information content (AvgIpc) is 3.56. The minimum absolute atomic E-state index is 0.0820. The lowest BCUT2D eigenvalue weighted by molar-refractivity contribution is -0.145. The fraction of sp³-hybridized carbons (Fsp3) is 0.923. The van der Waals surface area contributed by atoms with Gasteiger partial charge in [-0.2, -0.15) is 0 Å². The van der Waals surface area contributed by atoms with E-state index < -0.39 is 0 Å². The van der Waals surface area contributed by atoms with Gasteiger partial charge >= 0.3 is 0 Å². The quantitative estimate of drug-likeness (QED) is 0.661. The number of nitrogens with zero attached hydrogens (tertiary/aromatic N) is 2. The SMILES string of the molecule is CC1(C(=O)N2CCN(C(=O)C3CCC(C4CCC5CCCCC5C4)CC3)CC2)CC1. The summed E-state index contributed by atoms with van der Waals surface area (Å²) in [6.45, 7) is 5.05. The van der Waals surface area contributed by atoms with E-state index in [0.29, 0.717) is 11.8 Å². The third-order valence-corrected chi connectivity index (χ3v) is 9.76. The van der Waals surface area contributed by atoms with Crippen LogP contribution in [0.3, 0.4) is 0 Å². The molecule has 0 spiro atoms. The lowest BCUT2D eigenvalue weighted by Crippen LogP contribution is -2.53. The second-order valence-corrected chi connectivity index (χ2v) is 11.7. The van der Waals surface area contributed by atoms with Crippen molar-refractivity contribution in [3.63, 3.8) is 0 Å². The Bertz CT molecular complexity index is 641. The molecule has 30 heavy (non-hydrogen) atoms. The van der Waals surface area contributed by atoms with Crippen LogP contribution in [0.2, 0.25) is 0 Å². The molecule has 0 aromatic rings. The summed E-state index contributed by atoms with van der Waals surface area (Å²) in [4.78, 5) is 29.8. The molecule has 0 aromatic carbocycles. The third kappa shape index (κ3) is 4.17. The molecular weight excluding hydrogens is 372 g/mol. The minimum Gasteiger partial charge on any atom is -0.339 e. The molecule has 4 aliphatic carbocycles. The molecule has 1 saturated heterocycles. The van der Waals surface area contributed by atoms with E-state index in [0.717, 1.165) is 75.5 Å². The van der Waals surface area contributed by atoms with E-state index in [1.807, 2.05) is 4.90 Å². The Hall–Kier alpha value is -1.06. The standard InChI is InChI=1S/C26H42N2O2/c1-26(12-13-26)25(30)28-16-14-27(15-17-28)24(29)21-9-6-20(7-10-21)23-11-8-19-4-2-3-5-22(19)18-23/h19-23H,2-18H2,1H3. The van der Waals surface area contributed by atoms with Gasteiger partial charge in [0.05, 0.1) is 0 Å². The Kier molecular flexibility index (Phi) is 5.88. The summed E-state index contributed by atoms with van der Waals surface area (Å²) >= 11 is 0. The maximum atomic E-state index is 13.1. The Balaban J connectivity index is 1.07. The van der Waals surface area contributed by atoms with Gasteiger partial charge in [0.2, 0.25) is 11.8 Å². The highest BCUT2D eigenvalue weighted by Crippen LogP contribution is 2.48. The molecule has 5 fully saturated rings. The molecule has 0 N–H and O–H groups in total. The molecule has 0 radical (unpaired) electrons. The number of hydrogen-bond acceptors (Lipinski definition) is 2. The molecule has 5 aliphatic rings. The fourth-order valence-electron chi connectivity index (χ4n) is 7.35. The third-order valence-electron chi connectivity index (χ3n) is 9.76. The fourth-order valence-corrected chi connectivity index (χ4v) is 7.35. The summed E-state index contributed by atoms with van der Waals surface area (Å²) in [6.07, 6.45) is 17.2. The molecular formula is C26H42N2O2. The van der Waals surface area contributed by atoms with Gasteiger partial charge in [-0.1, -0.05) is 32.6 Å². The van der Waals surface area contributed by atoms with Crippen LogP contribution in [0, 0.1) is 35.0 Å². The first-order valence-corrected chi connectivity index (χ1v) is 13.1. The van der Waals surface area contributed by atoms with E-state index in [9.17, 15) is 9.59 Å². The van der Waals surface area contributed by atoms with E-state index in [-0.39, 0.29) is 11.3 Å². The maximum absolute atomic E-state index is 13.1. The van der Waals surface area contributed by atoms with Crippen molar-refractivity contribution in [2.45, 2.75) is 90.4 Å². The molecule has 3 unspecified atom stereocenters. The zero-order valence-electron chi connectivity index (χ0n) is 19.1. The van der Waals surface area contributed by atoms with Crippen LogP contribution in [0.1, 0.15) is 90.4 Å². The van der Waals surface area contributed by atoms with E-state index in [2.05, 4.69) is 11.8 Å². The van der Waals surface area contributed by atoms with Gasteiger partial charge in [-0.25, -0.2) is 0 Å². The summed E-state index contributed by atoms with van der Waals surface area (Å²) in [7, 11) is 0. The summed E-state index contributed by atoms with van der Waals surface area (Å²) in [5.74, 6) is 4.84. The van der Waals surface area contributed by atoms with Crippen LogP contribution in [0.5, 0.6) is 0 Å². The Morgan fingerprint density at radius 3 is 1.83 bits per heavy atom. The Morgan fingerprint density at radius 1 is 0.667 bits per heavy atom. The number of carbonyl (C=O) groups is 2. The molecule has 168 valence electrons. The first-order chi connectivity index (χ1) is 14.5.